The molecule has 7 nitrogen and oxygen atoms in total. The second kappa shape index (κ2) is 6.47. The van der Waals surface area contributed by atoms with Crippen LogP contribution < -0.4 is 5.32 Å². The first kappa shape index (κ1) is 14.9. The minimum Gasteiger partial charge on any atom is -0.337 e. The van der Waals surface area contributed by atoms with Crippen LogP contribution in [-0.2, 0) is 6.54 Å². The van der Waals surface area contributed by atoms with Crippen LogP contribution in [0.25, 0.3) is 0 Å². The van der Waals surface area contributed by atoms with Crippen molar-refractivity contribution >= 4 is 6.03 Å². The molecule has 0 unspecified atom stereocenters. The molecular formula is C16H25N5O2. The van der Waals surface area contributed by atoms with Gasteiger partial charge in [0.15, 0.2) is 5.82 Å². The van der Waals surface area contributed by atoms with Crippen LogP contribution in [0.4, 0.5) is 4.79 Å². The maximum Gasteiger partial charge on any atom is 0.318 e. The fourth-order valence-corrected chi connectivity index (χ4v) is 3.66. The molecule has 1 aliphatic carbocycles. The van der Waals surface area contributed by atoms with Gasteiger partial charge in [0.1, 0.15) is 0 Å². The molecule has 1 atom stereocenters. The predicted molar refractivity (Wildman–Crippen MR) is 83.9 cm³/mol. The van der Waals surface area contributed by atoms with Gasteiger partial charge in [-0.15, -0.1) is 0 Å². The summed E-state index contributed by atoms with van der Waals surface area (Å²) in [5.74, 6) is 1.78. The Labute approximate surface area is 136 Å². The molecule has 1 N–H and O–H groups in total. The zero-order chi connectivity index (χ0) is 15.6. The van der Waals surface area contributed by atoms with Crippen molar-refractivity contribution in [3.63, 3.8) is 0 Å². The summed E-state index contributed by atoms with van der Waals surface area (Å²) in [4.78, 5) is 21.3. The summed E-state index contributed by atoms with van der Waals surface area (Å²) in [6.45, 7) is 4.54. The normalized spacial score (nSPS) is 25.2. The Morgan fingerprint density at radius 3 is 2.78 bits per heavy atom. The first-order chi connectivity index (χ1) is 11.3. The maximum atomic E-state index is 12.5. The molecule has 3 fully saturated rings. The van der Waals surface area contributed by atoms with E-state index in [0.29, 0.717) is 24.4 Å². The van der Waals surface area contributed by atoms with Gasteiger partial charge in [0, 0.05) is 25.0 Å². The fourth-order valence-electron chi connectivity index (χ4n) is 3.66. The Hall–Kier alpha value is -1.63. The lowest BCUT2D eigenvalue weighted by Gasteiger charge is -2.28. The van der Waals surface area contributed by atoms with Crippen molar-refractivity contribution in [2.75, 3.05) is 26.2 Å². The van der Waals surface area contributed by atoms with Crippen LogP contribution in [-0.4, -0.2) is 58.2 Å². The van der Waals surface area contributed by atoms with Gasteiger partial charge >= 0.3 is 6.03 Å². The number of aromatic nitrogens is 2. The van der Waals surface area contributed by atoms with E-state index in [9.17, 15) is 4.79 Å². The van der Waals surface area contributed by atoms with Gasteiger partial charge in [-0.1, -0.05) is 5.16 Å². The van der Waals surface area contributed by atoms with Gasteiger partial charge in [0.25, 0.3) is 0 Å². The smallest absolute Gasteiger partial charge is 0.318 e. The second-order valence-corrected chi connectivity index (χ2v) is 6.98. The first-order valence-corrected chi connectivity index (χ1v) is 8.89. The zero-order valence-corrected chi connectivity index (χ0v) is 13.5. The summed E-state index contributed by atoms with van der Waals surface area (Å²) in [7, 11) is 0. The molecule has 1 aromatic heterocycles. The lowest BCUT2D eigenvalue weighted by molar-refractivity contribution is 0.173. The minimum atomic E-state index is -0.00197. The minimum absolute atomic E-state index is 0.00197. The standard InChI is InChI=1S/C16H25N5O2/c22-16(17-10-14-18-15(19-23-14)12-5-6-12)21-9-3-4-13(21)11-20-7-1-2-8-20/h12-13H,1-11H2,(H,17,22)/t13-/m1/s1. The number of carbonyl (C=O) groups is 1. The summed E-state index contributed by atoms with van der Waals surface area (Å²) in [6, 6.07) is 0.343. The molecule has 3 heterocycles. The fraction of sp³-hybridized carbons (Fsp3) is 0.812. The maximum absolute atomic E-state index is 12.5. The van der Waals surface area contributed by atoms with Crippen LogP contribution in [0.15, 0.2) is 4.52 Å². The monoisotopic (exact) mass is 319 g/mol. The number of hydrogen-bond acceptors (Lipinski definition) is 5. The Bertz CT molecular complexity index is 550. The lowest BCUT2D eigenvalue weighted by Crippen LogP contribution is -2.46. The number of amides is 2. The molecule has 0 spiro atoms. The SMILES string of the molecule is O=C(NCc1nc(C2CC2)no1)N1CCC[C@@H]1CN1CCCC1. The van der Waals surface area contributed by atoms with Crippen molar-refractivity contribution in [3.8, 4) is 0 Å². The Kier molecular flexibility index (Phi) is 4.20. The highest BCUT2D eigenvalue weighted by molar-refractivity contribution is 5.74. The summed E-state index contributed by atoms with van der Waals surface area (Å²) in [5.41, 5.74) is 0. The van der Waals surface area contributed by atoms with Gasteiger partial charge in [-0.25, -0.2) is 4.79 Å². The molecule has 23 heavy (non-hydrogen) atoms. The summed E-state index contributed by atoms with van der Waals surface area (Å²) >= 11 is 0. The van der Waals surface area contributed by atoms with Crippen LogP contribution >= 0.6 is 0 Å². The van der Waals surface area contributed by atoms with E-state index in [1.165, 1.54) is 25.9 Å². The van der Waals surface area contributed by atoms with E-state index < -0.39 is 0 Å². The van der Waals surface area contributed by atoms with Crippen LogP contribution in [0.3, 0.4) is 0 Å². The molecular weight excluding hydrogens is 294 g/mol. The van der Waals surface area contributed by atoms with Crippen LogP contribution in [0, 0.1) is 0 Å². The Morgan fingerprint density at radius 2 is 2.00 bits per heavy atom. The molecule has 2 amide bonds. The number of urea groups is 1. The van der Waals surface area contributed by atoms with Gasteiger partial charge < -0.3 is 19.6 Å². The molecule has 7 heteroatoms. The van der Waals surface area contributed by atoms with Crippen molar-refractivity contribution < 1.29 is 9.32 Å². The van der Waals surface area contributed by atoms with E-state index in [1.54, 1.807) is 0 Å². The van der Waals surface area contributed by atoms with Crippen molar-refractivity contribution in [2.24, 2.45) is 0 Å². The number of carbonyl (C=O) groups excluding carboxylic acids is 1. The summed E-state index contributed by atoms with van der Waals surface area (Å²) in [6.07, 6.45) is 7.09. The average Bonchev–Trinajstić information content (AvgIpc) is 2.99. The van der Waals surface area contributed by atoms with Crippen LogP contribution in [0.1, 0.15) is 56.2 Å². The molecule has 3 aliphatic rings. The quantitative estimate of drug-likeness (QED) is 0.894. The van der Waals surface area contributed by atoms with Crippen molar-refractivity contribution in [2.45, 2.75) is 57.0 Å². The highest BCUT2D eigenvalue weighted by Gasteiger charge is 2.31. The third-order valence-electron chi connectivity index (χ3n) is 5.12. The molecule has 4 rings (SSSR count). The topological polar surface area (TPSA) is 74.5 Å². The highest BCUT2D eigenvalue weighted by atomic mass is 16.5. The van der Waals surface area contributed by atoms with Gasteiger partial charge in [-0.05, 0) is 51.6 Å². The van der Waals surface area contributed by atoms with Crippen molar-refractivity contribution in [3.05, 3.63) is 11.7 Å². The lowest BCUT2D eigenvalue weighted by atomic mass is 10.2. The van der Waals surface area contributed by atoms with E-state index in [1.807, 2.05) is 4.90 Å². The van der Waals surface area contributed by atoms with Crippen LogP contribution in [0.5, 0.6) is 0 Å². The number of likely N-dealkylation sites (tertiary alicyclic amines) is 2. The third kappa shape index (κ3) is 3.49. The molecule has 2 aliphatic heterocycles. The predicted octanol–water partition coefficient (Wildman–Crippen LogP) is 1.72. The Balaban J connectivity index is 1.28. The van der Waals surface area contributed by atoms with Gasteiger partial charge in [-0.2, -0.15) is 4.98 Å². The van der Waals surface area contributed by atoms with Crippen molar-refractivity contribution in [1.29, 1.82) is 0 Å². The van der Waals surface area contributed by atoms with E-state index >= 15 is 0 Å². The molecule has 0 bridgehead atoms. The molecule has 126 valence electrons. The average molecular weight is 319 g/mol. The Morgan fingerprint density at radius 1 is 1.17 bits per heavy atom. The van der Waals surface area contributed by atoms with Crippen LogP contribution in [0.2, 0.25) is 0 Å². The summed E-state index contributed by atoms with van der Waals surface area (Å²) in [5, 5.41) is 6.92. The first-order valence-electron chi connectivity index (χ1n) is 8.89. The molecule has 0 aromatic carbocycles. The molecule has 0 radical (unpaired) electrons. The van der Waals surface area contributed by atoms with E-state index in [2.05, 4.69) is 20.4 Å². The zero-order valence-electron chi connectivity index (χ0n) is 13.5. The van der Waals surface area contributed by atoms with Crippen molar-refractivity contribution in [1.82, 2.24) is 25.3 Å². The third-order valence-corrected chi connectivity index (χ3v) is 5.12. The number of nitrogens with zero attached hydrogens (tertiary/aromatic N) is 4. The molecule has 2 saturated heterocycles. The van der Waals surface area contributed by atoms with E-state index in [-0.39, 0.29) is 6.03 Å². The molecule has 1 saturated carbocycles. The number of nitrogens with one attached hydrogen (secondary N) is 1. The highest BCUT2D eigenvalue weighted by Crippen LogP contribution is 2.38. The molecule has 1 aromatic rings. The number of rotatable bonds is 5. The summed E-state index contributed by atoms with van der Waals surface area (Å²) < 4.78 is 5.21. The van der Waals surface area contributed by atoms with Gasteiger partial charge in [0.05, 0.1) is 6.54 Å². The van der Waals surface area contributed by atoms with E-state index in [0.717, 1.165) is 44.6 Å². The second-order valence-electron chi connectivity index (χ2n) is 6.98. The number of hydrogen-bond donors (Lipinski definition) is 1. The largest absolute Gasteiger partial charge is 0.337 e. The van der Waals surface area contributed by atoms with E-state index in [4.69, 9.17) is 4.52 Å². The van der Waals surface area contributed by atoms with Gasteiger partial charge in [-0.3, -0.25) is 0 Å². The van der Waals surface area contributed by atoms with Gasteiger partial charge in [0.2, 0.25) is 5.89 Å².